The summed E-state index contributed by atoms with van der Waals surface area (Å²) in [4.78, 5) is 0. The summed E-state index contributed by atoms with van der Waals surface area (Å²) in [6.45, 7) is 0. The topological polar surface area (TPSA) is 61.8 Å². The van der Waals surface area contributed by atoms with Gasteiger partial charge in [-0.3, -0.25) is 0 Å². The summed E-state index contributed by atoms with van der Waals surface area (Å²) in [6, 6.07) is 12.8. The van der Waals surface area contributed by atoms with E-state index in [-0.39, 0.29) is 0 Å². The molecule has 18 heavy (non-hydrogen) atoms. The average molecular weight is 370 g/mol. The lowest BCUT2D eigenvalue weighted by Gasteiger charge is -2.11. The predicted molar refractivity (Wildman–Crippen MR) is 83.0 cm³/mol. The van der Waals surface area contributed by atoms with Gasteiger partial charge in [-0.15, -0.1) is 0 Å². The molecular weight excluding hydrogens is 361 g/mol. The molecule has 0 heterocycles. The number of anilines is 3. The molecule has 0 aliphatic carbocycles. The van der Waals surface area contributed by atoms with E-state index in [1.54, 1.807) is 24.3 Å². The lowest BCUT2D eigenvalue weighted by Crippen LogP contribution is -1.97. The number of nitrogen functional groups attached to an aromatic ring is 1. The van der Waals surface area contributed by atoms with E-state index in [9.17, 15) is 0 Å². The van der Waals surface area contributed by atoms with Gasteiger partial charge in [-0.25, -0.2) is 0 Å². The number of nitrogens with zero attached hydrogens (tertiary/aromatic N) is 1. The van der Waals surface area contributed by atoms with Gasteiger partial charge in [0.25, 0.3) is 0 Å². The van der Waals surface area contributed by atoms with Crippen LogP contribution in [0, 0.1) is 14.9 Å². The number of halogens is 2. The maximum absolute atomic E-state index is 9.05. The fourth-order valence-electron chi connectivity index (χ4n) is 1.50. The highest BCUT2D eigenvalue weighted by molar-refractivity contribution is 14.1. The second-order valence-corrected chi connectivity index (χ2v) is 5.26. The maximum Gasteiger partial charge on any atom is 0.101 e. The summed E-state index contributed by atoms with van der Waals surface area (Å²) in [5, 5.41) is 12.8. The Morgan fingerprint density at radius 3 is 2.61 bits per heavy atom. The molecule has 3 N–H and O–H groups in total. The number of hydrogen-bond acceptors (Lipinski definition) is 3. The number of hydrogen-bond donors (Lipinski definition) is 2. The van der Waals surface area contributed by atoms with Gasteiger partial charge in [-0.1, -0.05) is 11.6 Å². The van der Waals surface area contributed by atoms with Gasteiger partial charge in [0.15, 0.2) is 0 Å². The standard InChI is InChI=1S/C13H9ClIN3/c14-9-2-1-8(7-16)13(5-9)18-12-4-3-10(17)6-11(12)15/h1-6,18H,17H2. The Morgan fingerprint density at radius 1 is 1.17 bits per heavy atom. The molecule has 5 heteroatoms. The van der Waals surface area contributed by atoms with E-state index >= 15 is 0 Å². The minimum absolute atomic E-state index is 0.548. The summed E-state index contributed by atoms with van der Waals surface area (Å²) in [5.41, 5.74) is 8.53. The number of benzene rings is 2. The van der Waals surface area contributed by atoms with Gasteiger partial charge >= 0.3 is 0 Å². The quantitative estimate of drug-likeness (QED) is 0.618. The van der Waals surface area contributed by atoms with Gasteiger partial charge in [-0.2, -0.15) is 5.26 Å². The zero-order valence-electron chi connectivity index (χ0n) is 9.24. The van der Waals surface area contributed by atoms with Gasteiger partial charge < -0.3 is 11.1 Å². The van der Waals surface area contributed by atoms with Gasteiger partial charge in [-0.05, 0) is 59.0 Å². The second-order valence-electron chi connectivity index (χ2n) is 3.67. The van der Waals surface area contributed by atoms with Crippen LogP contribution in [0.15, 0.2) is 36.4 Å². The summed E-state index contributed by atoms with van der Waals surface area (Å²) < 4.78 is 0.983. The lowest BCUT2D eigenvalue weighted by molar-refractivity contribution is 1.45. The van der Waals surface area contributed by atoms with Gasteiger partial charge in [0.2, 0.25) is 0 Å². The Morgan fingerprint density at radius 2 is 1.94 bits per heavy atom. The molecule has 0 spiro atoms. The molecule has 2 aromatic rings. The SMILES string of the molecule is N#Cc1ccc(Cl)cc1Nc1ccc(N)cc1I. The number of nitrogens with two attached hydrogens (primary N) is 1. The van der Waals surface area contributed by atoms with Crippen LogP contribution < -0.4 is 11.1 Å². The summed E-state index contributed by atoms with van der Waals surface area (Å²) in [6.07, 6.45) is 0. The van der Waals surface area contributed by atoms with Crippen LogP contribution in [-0.2, 0) is 0 Å². The van der Waals surface area contributed by atoms with E-state index in [2.05, 4.69) is 34.0 Å². The molecule has 0 amide bonds. The van der Waals surface area contributed by atoms with E-state index < -0.39 is 0 Å². The average Bonchev–Trinajstić information content (AvgIpc) is 2.33. The predicted octanol–water partition coefficient (Wildman–Crippen LogP) is 4.14. The van der Waals surface area contributed by atoms with E-state index in [4.69, 9.17) is 22.6 Å². The van der Waals surface area contributed by atoms with Gasteiger partial charge in [0.1, 0.15) is 6.07 Å². The molecule has 0 unspecified atom stereocenters. The van der Waals surface area contributed by atoms with Crippen molar-refractivity contribution in [1.29, 1.82) is 5.26 Å². The van der Waals surface area contributed by atoms with Crippen LogP contribution in [-0.4, -0.2) is 0 Å². The van der Waals surface area contributed by atoms with Crippen molar-refractivity contribution in [3.05, 3.63) is 50.6 Å². The Kier molecular flexibility index (Phi) is 3.94. The van der Waals surface area contributed by atoms with Crippen LogP contribution in [0.2, 0.25) is 5.02 Å². The molecular formula is C13H9ClIN3. The van der Waals surface area contributed by atoms with Crippen LogP contribution in [0.25, 0.3) is 0 Å². The zero-order valence-corrected chi connectivity index (χ0v) is 12.2. The van der Waals surface area contributed by atoms with E-state index in [0.29, 0.717) is 22.0 Å². The van der Waals surface area contributed by atoms with Crippen molar-refractivity contribution >= 4 is 51.3 Å². The van der Waals surface area contributed by atoms with Crippen LogP contribution in [0.5, 0.6) is 0 Å². The van der Waals surface area contributed by atoms with Crippen LogP contribution in [0.4, 0.5) is 17.1 Å². The summed E-state index contributed by atoms with van der Waals surface area (Å²) >= 11 is 8.12. The third-order valence-electron chi connectivity index (χ3n) is 2.36. The van der Waals surface area contributed by atoms with Crippen molar-refractivity contribution in [3.63, 3.8) is 0 Å². The molecule has 3 nitrogen and oxygen atoms in total. The highest BCUT2D eigenvalue weighted by Crippen LogP contribution is 2.28. The third-order valence-corrected chi connectivity index (χ3v) is 3.49. The number of nitriles is 1. The molecule has 0 fully saturated rings. The zero-order chi connectivity index (χ0) is 13.1. The second kappa shape index (κ2) is 5.46. The third kappa shape index (κ3) is 2.86. The minimum atomic E-state index is 0.548. The molecule has 0 aliphatic rings. The highest BCUT2D eigenvalue weighted by atomic mass is 127. The number of nitrogens with one attached hydrogen (secondary N) is 1. The molecule has 0 radical (unpaired) electrons. The van der Waals surface area contributed by atoms with Crippen LogP contribution in [0.3, 0.4) is 0 Å². The summed E-state index contributed by atoms with van der Waals surface area (Å²) in [5.74, 6) is 0. The molecule has 0 aromatic heterocycles. The molecule has 0 bridgehead atoms. The Bertz CT molecular complexity index is 635. The summed E-state index contributed by atoms with van der Waals surface area (Å²) in [7, 11) is 0. The first-order chi connectivity index (χ1) is 8.60. The van der Waals surface area contributed by atoms with E-state index in [0.717, 1.165) is 9.26 Å². The number of rotatable bonds is 2. The molecule has 0 aliphatic heterocycles. The van der Waals surface area contributed by atoms with Crippen molar-refractivity contribution in [2.75, 3.05) is 11.1 Å². The van der Waals surface area contributed by atoms with Crippen molar-refractivity contribution in [2.45, 2.75) is 0 Å². The Hall–Kier alpha value is -1.45. The maximum atomic E-state index is 9.05. The van der Waals surface area contributed by atoms with Crippen molar-refractivity contribution in [2.24, 2.45) is 0 Å². The molecule has 2 aromatic carbocycles. The molecule has 2 rings (SSSR count). The first-order valence-corrected chi connectivity index (χ1v) is 6.57. The Balaban J connectivity index is 2.40. The Labute approximate surface area is 124 Å². The van der Waals surface area contributed by atoms with Gasteiger partial charge in [0.05, 0.1) is 16.9 Å². The van der Waals surface area contributed by atoms with Crippen molar-refractivity contribution < 1.29 is 0 Å². The first-order valence-electron chi connectivity index (χ1n) is 5.12. The smallest absolute Gasteiger partial charge is 0.101 e. The van der Waals surface area contributed by atoms with Crippen LogP contribution in [0.1, 0.15) is 5.56 Å². The lowest BCUT2D eigenvalue weighted by atomic mass is 10.2. The molecule has 0 saturated heterocycles. The fraction of sp³-hybridized carbons (Fsp3) is 0. The van der Waals surface area contributed by atoms with Gasteiger partial charge in [0, 0.05) is 14.3 Å². The van der Waals surface area contributed by atoms with E-state index in [1.807, 2.05) is 12.1 Å². The minimum Gasteiger partial charge on any atom is -0.399 e. The monoisotopic (exact) mass is 369 g/mol. The highest BCUT2D eigenvalue weighted by Gasteiger charge is 2.06. The van der Waals surface area contributed by atoms with Crippen molar-refractivity contribution in [1.82, 2.24) is 0 Å². The van der Waals surface area contributed by atoms with Crippen LogP contribution >= 0.6 is 34.2 Å². The normalized spacial score (nSPS) is 9.83. The molecule has 0 atom stereocenters. The first kappa shape index (κ1) is 13.0. The molecule has 90 valence electrons. The molecule has 0 saturated carbocycles. The van der Waals surface area contributed by atoms with Crippen molar-refractivity contribution in [3.8, 4) is 6.07 Å². The fourth-order valence-corrected chi connectivity index (χ4v) is 2.34. The largest absolute Gasteiger partial charge is 0.399 e. The van der Waals surface area contributed by atoms with E-state index in [1.165, 1.54) is 0 Å².